The first-order valence-corrected chi connectivity index (χ1v) is 37.1. The SMILES string of the molecule is CO[C@@H]1COc2c(S(=O)(=NC(c3ccccc3)(c3ccccc3)c3ccccc3)NC(=O)Nc3c4c(c(F)c5c3CCC5)CCC4)cnn2C1.CO[C@@H]1COc2c(S(=O)(=NC(c3ccccc3)(c3ccccc3)c3ccccc3)NC(=O)Nc3c4c(c(F)c5c3CCC5)CCC4)cnn2C1. The van der Waals surface area contributed by atoms with Gasteiger partial charge in [-0.15, -0.1) is 0 Å². The minimum Gasteiger partial charge on any atom is -0.474 e. The Labute approximate surface area is 580 Å². The summed E-state index contributed by atoms with van der Waals surface area (Å²) in [7, 11) is -4.61. The number of fused-ring (bicyclic) bond motifs is 6. The maximum atomic E-state index is 16.0. The van der Waals surface area contributed by atoms with Crippen molar-refractivity contribution in [3.63, 3.8) is 0 Å². The fourth-order valence-corrected chi connectivity index (χ4v) is 19.1. The maximum Gasteiger partial charge on any atom is 0.331 e. The number of anilines is 2. The lowest BCUT2D eigenvalue weighted by Crippen LogP contribution is -2.39. The van der Waals surface area contributed by atoms with Gasteiger partial charge in [-0.3, -0.25) is 0 Å². The van der Waals surface area contributed by atoms with Crippen LogP contribution in [0.3, 0.4) is 0 Å². The van der Waals surface area contributed by atoms with E-state index in [0.29, 0.717) is 98.1 Å². The van der Waals surface area contributed by atoms with Gasteiger partial charge in [-0.25, -0.2) is 45.6 Å². The van der Waals surface area contributed by atoms with Gasteiger partial charge < -0.3 is 29.6 Å². The van der Waals surface area contributed by atoms with E-state index in [1.54, 1.807) is 23.6 Å². The molecule has 100 heavy (non-hydrogen) atoms. The van der Waals surface area contributed by atoms with Crippen molar-refractivity contribution < 1.29 is 45.7 Å². The molecule has 512 valence electrons. The first-order valence-electron chi connectivity index (χ1n) is 34.0. The van der Waals surface area contributed by atoms with Crippen LogP contribution in [-0.2, 0) is 105 Å². The van der Waals surface area contributed by atoms with Crippen molar-refractivity contribution in [1.82, 2.24) is 29.0 Å². The zero-order valence-electron chi connectivity index (χ0n) is 55.5. The van der Waals surface area contributed by atoms with Crippen LogP contribution in [0.4, 0.5) is 29.7 Å². The molecule has 18 nitrogen and oxygen atoms in total. The Morgan fingerprint density at radius 2 is 0.700 bits per heavy atom. The molecule has 2 unspecified atom stereocenters. The number of methoxy groups -OCH3 is 2. The predicted molar refractivity (Wildman–Crippen MR) is 378 cm³/mol. The van der Waals surface area contributed by atoms with E-state index in [1.165, 1.54) is 12.4 Å². The predicted octanol–water partition coefficient (Wildman–Crippen LogP) is 13.9. The average molecular weight is 1380 g/mol. The summed E-state index contributed by atoms with van der Waals surface area (Å²) in [6, 6.07) is 56.4. The number of benzene rings is 8. The molecule has 10 aromatic rings. The van der Waals surface area contributed by atoms with E-state index in [4.69, 9.17) is 27.7 Å². The van der Waals surface area contributed by atoms with E-state index in [1.807, 2.05) is 182 Å². The Bertz CT molecular complexity index is 4410. The van der Waals surface area contributed by atoms with Crippen LogP contribution in [0, 0.1) is 11.6 Å². The van der Waals surface area contributed by atoms with Crippen molar-refractivity contribution in [2.45, 2.75) is 123 Å². The van der Waals surface area contributed by atoms with Gasteiger partial charge >= 0.3 is 12.1 Å². The Hall–Kier alpha value is -10.0. The molecule has 0 spiro atoms. The van der Waals surface area contributed by atoms with Crippen LogP contribution in [0.5, 0.6) is 11.8 Å². The zero-order chi connectivity index (χ0) is 68.6. The van der Waals surface area contributed by atoms with Gasteiger partial charge in [-0.1, -0.05) is 182 Å². The zero-order valence-corrected chi connectivity index (χ0v) is 57.1. The highest BCUT2D eigenvalue weighted by Gasteiger charge is 2.44. The molecule has 22 heteroatoms. The smallest absolute Gasteiger partial charge is 0.331 e. The van der Waals surface area contributed by atoms with Crippen LogP contribution in [-0.4, -0.2) is 79.7 Å². The van der Waals surface area contributed by atoms with Gasteiger partial charge in [-0.05, 0) is 155 Å². The number of urea groups is 2. The molecule has 16 rings (SSSR count). The summed E-state index contributed by atoms with van der Waals surface area (Å²) >= 11 is 0. The molecular weight excluding hydrogens is 1310 g/mol. The second-order valence-corrected chi connectivity index (χ2v) is 29.7. The van der Waals surface area contributed by atoms with E-state index in [2.05, 4.69) is 30.3 Å². The number of hydrogen-bond acceptors (Lipinski definition) is 12. The lowest BCUT2D eigenvalue weighted by atomic mass is 9.78. The van der Waals surface area contributed by atoms with Gasteiger partial charge in [0, 0.05) is 25.6 Å². The molecule has 6 aliphatic rings. The van der Waals surface area contributed by atoms with E-state index in [-0.39, 0.29) is 58.6 Å². The number of carbonyl (C=O) groups is 2. The standard InChI is InChI=1S/2C39H38FN5O4S/c2*1-48-29-24-45-37(49-25-29)34(23-41-45)50(47,43-38(46)42-36-32-21-11-19-30(32)35(40)31-20-12-22-33(31)36)44-39(26-13-5-2-6-14-26,27-15-7-3-8-16-27)28-17-9-4-10-18-28/h2*2-10,13-18,23,29H,11-12,19-22,24-25H2,1H3,(H2,42,43,44,46,47)/t2*29-,50?/m00/s1. The summed E-state index contributed by atoms with van der Waals surface area (Å²) < 4.78 is 106. The van der Waals surface area contributed by atoms with Crippen LogP contribution in [0.2, 0.25) is 0 Å². The molecule has 8 aromatic carbocycles. The van der Waals surface area contributed by atoms with Crippen LogP contribution in [0.15, 0.2) is 213 Å². The fraction of sp³-hybridized carbons (Fsp3) is 0.282. The van der Waals surface area contributed by atoms with Gasteiger partial charge in [0.05, 0.1) is 25.5 Å². The summed E-state index contributed by atoms with van der Waals surface area (Å²) in [5.74, 6) is 0.232. The number of nitrogens with one attached hydrogen (secondary N) is 4. The number of ether oxygens (including phenoxy) is 4. The van der Waals surface area contributed by atoms with Crippen LogP contribution in [0.25, 0.3) is 0 Å². The molecule has 4 amide bonds. The average Bonchev–Trinajstić information content (AvgIpc) is 0.922. The summed E-state index contributed by atoms with van der Waals surface area (Å²) in [6.07, 6.45) is 10.9. The summed E-state index contributed by atoms with van der Waals surface area (Å²) in [4.78, 5) is 28.9. The minimum absolute atomic E-state index is 0.133. The van der Waals surface area contributed by atoms with E-state index < -0.39 is 43.0 Å². The first kappa shape index (κ1) is 65.9. The Morgan fingerprint density at radius 1 is 0.440 bits per heavy atom. The number of amides is 4. The fourth-order valence-electron chi connectivity index (χ4n) is 15.4. The Balaban J connectivity index is 0.000000162. The second-order valence-electron chi connectivity index (χ2n) is 25.9. The highest BCUT2D eigenvalue weighted by Crippen LogP contribution is 2.48. The van der Waals surface area contributed by atoms with Crippen LogP contribution < -0.4 is 29.6 Å². The number of halogens is 2. The van der Waals surface area contributed by atoms with Crippen LogP contribution in [0.1, 0.15) is 104 Å². The Kier molecular flexibility index (Phi) is 18.2. The number of nitrogens with zero attached hydrogens (tertiary/aromatic N) is 6. The summed E-state index contributed by atoms with van der Waals surface area (Å²) in [5.41, 5.74) is 9.09. The highest BCUT2D eigenvalue weighted by molar-refractivity contribution is 7.92. The van der Waals surface area contributed by atoms with E-state index >= 15 is 17.2 Å². The highest BCUT2D eigenvalue weighted by atomic mass is 32.2. The lowest BCUT2D eigenvalue weighted by molar-refractivity contribution is 0.0165. The van der Waals surface area contributed by atoms with Crippen LogP contribution >= 0.6 is 0 Å². The first-order chi connectivity index (χ1) is 48.8. The second kappa shape index (κ2) is 27.6. The summed E-state index contributed by atoms with van der Waals surface area (Å²) in [6.45, 7) is 1.18. The molecule has 0 saturated carbocycles. The molecule has 4 N–H and O–H groups in total. The largest absolute Gasteiger partial charge is 0.474 e. The van der Waals surface area contributed by atoms with Crippen molar-refractivity contribution in [2.75, 3.05) is 38.1 Å². The van der Waals surface area contributed by atoms with Gasteiger partial charge in [0.25, 0.3) is 0 Å². The molecule has 4 heterocycles. The topological polar surface area (TPSA) is 214 Å². The lowest BCUT2D eigenvalue weighted by Gasteiger charge is -2.33. The normalized spacial score (nSPS) is 17.5. The van der Waals surface area contributed by atoms with Crippen molar-refractivity contribution in [3.05, 3.63) is 284 Å². The molecular formula is C78H76F2N10O8S2. The third kappa shape index (κ3) is 12.0. The maximum absolute atomic E-state index is 16.0. The van der Waals surface area contributed by atoms with Gasteiger partial charge in [-0.2, -0.15) is 18.9 Å². The van der Waals surface area contributed by atoms with Crippen molar-refractivity contribution in [2.24, 2.45) is 8.73 Å². The number of carbonyl (C=O) groups excluding carboxylic acids is 2. The number of hydrogen-bond donors (Lipinski definition) is 4. The number of aromatic nitrogens is 4. The van der Waals surface area contributed by atoms with Crippen molar-refractivity contribution in [3.8, 4) is 11.8 Å². The molecule has 4 aliphatic carbocycles. The molecule has 0 bridgehead atoms. The molecule has 0 fully saturated rings. The van der Waals surface area contributed by atoms with Crippen molar-refractivity contribution >= 4 is 43.3 Å². The summed E-state index contributed by atoms with van der Waals surface area (Å²) in [5, 5.41) is 15.1. The molecule has 2 aromatic heterocycles. The Morgan fingerprint density at radius 3 is 0.960 bits per heavy atom. The molecule has 2 aliphatic heterocycles. The molecule has 0 radical (unpaired) electrons. The van der Waals surface area contributed by atoms with Gasteiger partial charge in [0.2, 0.25) is 11.8 Å². The van der Waals surface area contributed by atoms with Crippen molar-refractivity contribution in [1.29, 1.82) is 0 Å². The van der Waals surface area contributed by atoms with Gasteiger partial charge in [0.1, 0.15) is 57.9 Å². The van der Waals surface area contributed by atoms with Gasteiger partial charge in [0.15, 0.2) is 19.8 Å². The van der Waals surface area contributed by atoms with E-state index in [9.17, 15) is 9.59 Å². The third-order valence-electron chi connectivity index (χ3n) is 20.1. The number of rotatable bonds is 16. The molecule has 0 saturated heterocycles. The van der Waals surface area contributed by atoms with E-state index in [0.717, 1.165) is 81.3 Å². The monoisotopic (exact) mass is 1380 g/mol. The molecule has 4 atom stereocenters. The minimum atomic E-state index is -3.91. The quantitative estimate of drug-likeness (QED) is 0.0672. The third-order valence-corrected chi connectivity index (χ3v) is 23.8.